The van der Waals surface area contributed by atoms with Crippen molar-refractivity contribution in [3.05, 3.63) is 94.9 Å². The first kappa shape index (κ1) is 20.7. The zero-order valence-electron chi connectivity index (χ0n) is 16.4. The summed E-state index contributed by atoms with van der Waals surface area (Å²) in [5.74, 6) is 0. The van der Waals surface area contributed by atoms with Gasteiger partial charge in [0.15, 0.2) is 0 Å². The average Bonchev–Trinajstić information content (AvgIpc) is 3.31. The van der Waals surface area contributed by atoms with Gasteiger partial charge in [0.2, 0.25) is 10.0 Å². The van der Waals surface area contributed by atoms with Crippen molar-refractivity contribution in [3.63, 3.8) is 0 Å². The number of sulfonamides is 1. The van der Waals surface area contributed by atoms with E-state index in [2.05, 4.69) is 27.2 Å². The molecule has 0 aliphatic rings. The van der Waals surface area contributed by atoms with Crippen molar-refractivity contribution in [2.45, 2.75) is 17.4 Å². The fraction of sp³-hybridized carbons (Fsp3) is 0.174. The van der Waals surface area contributed by atoms with Crippen molar-refractivity contribution in [3.8, 4) is 0 Å². The number of fused-ring (bicyclic) bond motifs is 1. The summed E-state index contributed by atoms with van der Waals surface area (Å²) in [5.41, 5.74) is 2.21. The Labute approximate surface area is 180 Å². The molecular formula is C23H23N3O2S2. The van der Waals surface area contributed by atoms with E-state index in [1.54, 1.807) is 41.9 Å². The second-order valence-electron chi connectivity index (χ2n) is 7.05. The van der Waals surface area contributed by atoms with Crippen LogP contribution in [0, 0.1) is 0 Å². The predicted molar refractivity (Wildman–Crippen MR) is 122 cm³/mol. The first-order valence-corrected chi connectivity index (χ1v) is 12.2. The van der Waals surface area contributed by atoms with Gasteiger partial charge >= 0.3 is 0 Å². The quantitative estimate of drug-likeness (QED) is 0.386. The van der Waals surface area contributed by atoms with Crippen LogP contribution in [0.15, 0.2) is 88.7 Å². The summed E-state index contributed by atoms with van der Waals surface area (Å²) >= 11 is 1.56. The number of hydrogen-bond donors (Lipinski definition) is 2. The molecule has 2 heterocycles. The second kappa shape index (κ2) is 9.49. The summed E-state index contributed by atoms with van der Waals surface area (Å²) in [6.45, 7) is 1.29. The molecule has 30 heavy (non-hydrogen) atoms. The normalized spacial score (nSPS) is 12.8. The van der Waals surface area contributed by atoms with Crippen LogP contribution in [-0.4, -0.2) is 26.5 Å². The van der Waals surface area contributed by atoms with Gasteiger partial charge in [-0.25, -0.2) is 13.1 Å². The van der Waals surface area contributed by atoms with Crippen molar-refractivity contribution < 1.29 is 8.42 Å². The Hall–Kier alpha value is -2.58. The Morgan fingerprint density at radius 2 is 1.87 bits per heavy atom. The van der Waals surface area contributed by atoms with Crippen molar-refractivity contribution in [2.24, 2.45) is 0 Å². The summed E-state index contributed by atoms with van der Waals surface area (Å²) in [5, 5.41) is 9.10. The van der Waals surface area contributed by atoms with Gasteiger partial charge in [0, 0.05) is 24.3 Å². The fourth-order valence-corrected chi connectivity index (χ4v) is 5.28. The third-order valence-corrected chi connectivity index (χ3v) is 7.12. The lowest BCUT2D eigenvalue weighted by Gasteiger charge is -2.19. The topological polar surface area (TPSA) is 71.1 Å². The Balaban J connectivity index is 1.46. The molecule has 1 atom stereocenters. The summed E-state index contributed by atoms with van der Waals surface area (Å²) in [6.07, 6.45) is 4.28. The molecule has 0 aliphatic heterocycles. The summed E-state index contributed by atoms with van der Waals surface area (Å²) in [6, 6.07) is 18.8. The van der Waals surface area contributed by atoms with Gasteiger partial charge in [-0.15, -0.1) is 0 Å². The van der Waals surface area contributed by atoms with Crippen LogP contribution in [0.5, 0.6) is 0 Å². The van der Waals surface area contributed by atoms with E-state index in [-0.39, 0.29) is 10.9 Å². The maximum atomic E-state index is 13.1. The van der Waals surface area contributed by atoms with Gasteiger partial charge in [-0.1, -0.05) is 36.4 Å². The van der Waals surface area contributed by atoms with Gasteiger partial charge < -0.3 is 5.32 Å². The number of pyridine rings is 1. The molecule has 5 nitrogen and oxygen atoms in total. The molecule has 0 spiro atoms. The molecule has 2 aromatic heterocycles. The molecule has 2 aromatic carbocycles. The highest BCUT2D eigenvalue weighted by Crippen LogP contribution is 2.22. The summed E-state index contributed by atoms with van der Waals surface area (Å²) < 4.78 is 29.0. The third kappa shape index (κ3) is 5.12. The van der Waals surface area contributed by atoms with Gasteiger partial charge in [-0.05, 0) is 64.5 Å². The SMILES string of the molecule is O=S(=O)(N[C@@H](CNCCc1ccccc1)c1ccsc1)c1ccc2cnccc2c1. The Bertz CT molecular complexity index is 1190. The minimum Gasteiger partial charge on any atom is -0.314 e. The Morgan fingerprint density at radius 1 is 1.00 bits per heavy atom. The second-order valence-corrected chi connectivity index (χ2v) is 9.55. The maximum absolute atomic E-state index is 13.1. The highest BCUT2D eigenvalue weighted by atomic mass is 32.2. The van der Waals surface area contributed by atoms with Crippen LogP contribution in [0.25, 0.3) is 10.8 Å². The molecule has 0 fully saturated rings. The minimum atomic E-state index is -3.67. The Kier molecular flexibility index (Phi) is 6.54. The lowest BCUT2D eigenvalue weighted by atomic mass is 10.1. The largest absolute Gasteiger partial charge is 0.314 e. The monoisotopic (exact) mass is 437 g/mol. The van der Waals surface area contributed by atoms with Crippen LogP contribution in [0.1, 0.15) is 17.2 Å². The van der Waals surface area contributed by atoms with E-state index in [0.717, 1.165) is 29.3 Å². The van der Waals surface area contributed by atoms with Crippen LogP contribution in [0.3, 0.4) is 0 Å². The van der Waals surface area contributed by atoms with Gasteiger partial charge in [-0.3, -0.25) is 4.98 Å². The van der Waals surface area contributed by atoms with Crippen molar-refractivity contribution >= 4 is 32.1 Å². The average molecular weight is 438 g/mol. The molecule has 154 valence electrons. The summed E-state index contributed by atoms with van der Waals surface area (Å²) in [4.78, 5) is 4.33. The van der Waals surface area contributed by atoms with Crippen LogP contribution in [0.2, 0.25) is 0 Å². The smallest absolute Gasteiger partial charge is 0.241 e. The standard InChI is InChI=1S/C23H23N3O2S2/c27-30(28,22-7-6-20-15-24-12-9-19(20)14-22)26-23(21-10-13-29-17-21)16-25-11-8-18-4-2-1-3-5-18/h1-7,9-10,12-15,17,23,25-26H,8,11,16H2/t23-/m0/s1. The van der Waals surface area contributed by atoms with E-state index in [1.165, 1.54) is 5.56 Å². The third-order valence-electron chi connectivity index (χ3n) is 4.95. The van der Waals surface area contributed by atoms with Crippen molar-refractivity contribution in [1.29, 1.82) is 0 Å². The molecule has 2 N–H and O–H groups in total. The van der Waals surface area contributed by atoms with E-state index in [9.17, 15) is 8.42 Å². The number of nitrogens with one attached hydrogen (secondary N) is 2. The number of hydrogen-bond acceptors (Lipinski definition) is 5. The number of thiophene rings is 1. The highest BCUT2D eigenvalue weighted by Gasteiger charge is 2.22. The zero-order valence-corrected chi connectivity index (χ0v) is 18.0. The van der Waals surface area contributed by atoms with E-state index in [1.807, 2.05) is 41.1 Å². The molecule has 0 aliphatic carbocycles. The fourth-order valence-electron chi connectivity index (χ4n) is 3.31. The van der Waals surface area contributed by atoms with E-state index in [4.69, 9.17) is 0 Å². The molecule has 0 amide bonds. The van der Waals surface area contributed by atoms with Gasteiger partial charge in [0.25, 0.3) is 0 Å². The lowest BCUT2D eigenvalue weighted by Crippen LogP contribution is -2.36. The van der Waals surface area contributed by atoms with Crippen molar-refractivity contribution in [1.82, 2.24) is 15.0 Å². The Morgan fingerprint density at radius 3 is 2.67 bits per heavy atom. The number of rotatable bonds is 9. The number of benzene rings is 2. The van der Waals surface area contributed by atoms with Crippen LogP contribution in [0.4, 0.5) is 0 Å². The van der Waals surface area contributed by atoms with Crippen LogP contribution in [-0.2, 0) is 16.4 Å². The lowest BCUT2D eigenvalue weighted by molar-refractivity contribution is 0.530. The minimum absolute atomic E-state index is 0.255. The predicted octanol–water partition coefficient (Wildman–Crippen LogP) is 4.15. The highest BCUT2D eigenvalue weighted by molar-refractivity contribution is 7.89. The molecule has 0 saturated carbocycles. The molecule has 0 bridgehead atoms. The van der Waals surface area contributed by atoms with Gasteiger partial charge in [0.05, 0.1) is 10.9 Å². The molecule has 0 unspecified atom stereocenters. The number of aromatic nitrogens is 1. The summed E-state index contributed by atoms with van der Waals surface area (Å²) in [7, 11) is -3.67. The van der Waals surface area contributed by atoms with E-state index < -0.39 is 10.0 Å². The molecule has 0 saturated heterocycles. The van der Waals surface area contributed by atoms with Gasteiger partial charge in [-0.2, -0.15) is 11.3 Å². The van der Waals surface area contributed by atoms with E-state index >= 15 is 0 Å². The molecular weight excluding hydrogens is 414 g/mol. The first-order valence-electron chi connectivity index (χ1n) is 9.75. The molecule has 4 rings (SSSR count). The van der Waals surface area contributed by atoms with E-state index in [0.29, 0.717) is 6.54 Å². The molecule has 4 aromatic rings. The van der Waals surface area contributed by atoms with Crippen LogP contribution >= 0.6 is 11.3 Å². The zero-order chi connectivity index (χ0) is 20.8. The van der Waals surface area contributed by atoms with Crippen molar-refractivity contribution in [2.75, 3.05) is 13.1 Å². The first-order chi connectivity index (χ1) is 14.6. The maximum Gasteiger partial charge on any atom is 0.241 e. The van der Waals surface area contributed by atoms with Crippen LogP contribution < -0.4 is 10.0 Å². The molecule has 0 radical (unpaired) electrons. The van der Waals surface area contributed by atoms with Gasteiger partial charge in [0.1, 0.15) is 0 Å². The number of nitrogens with zero attached hydrogens (tertiary/aromatic N) is 1. The molecule has 7 heteroatoms.